The number of hydrogen-bond acceptors (Lipinski definition) is 2. The Kier molecular flexibility index (Phi) is 3.69. The van der Waals surface area contributed by atoms with E-state index in [4.69, 9.17) is 4.74 Å². The first-order valence-corrected chi connectivity index (χ1v) is 4.86. The Morgan fingerprint density at radius 1 is 1.36 bits per heavy atom. The van der Waals surface area contributed by atoms with Gasteiger partial charge in [-0.1, -0.05) is 25.1 Å². The topological polar surface area (TPSA) is 26.3 Å². The van der Waals surface area contributed by atoms with Gasteiger partial charge in [-0.05, 0) is 30.5 Å². The van der Waals surface area contributed by atoms with E-state index in [0.717, 1.165) is 5.56 Å². The van der Waals surface area contributed by atoms with Gasteiger partial charge in [0.15, 0.2) is 0 Å². The highest BCUT2D eigenvalue weighted by molar-refractivity contribution is 5.68. The van der Waals surface area contributed by atoms with E-state index >= 15 is 0 Å². The van der Waals surface area contributed by atoms with E-state index in [1.807, 2.05) is 19.1 Å². The van der Waals surface area contributed by atoms with Gasteiger partial charge in [0.1, 0.15) is 6.61 Å². The molecular weight excluding hydrogens is 176 g/mol. The van der Waals surface area contributed by atoms with Gasteiger partial charge in [-0.3, -0.25) is 4.79 Å². The average Bonchev–Trinajstić information content (AvgIpc) is 2.20. The van der Waals surface area contributed by atoms with E-state index < -0.39 is 0 Å². The second-order valence-electron chi connectivity index (χ2n) is 3.37. The molecule has 0 amide bonds. The van der Waals surface area contributed by atoms with Crippen molar-refractivity contribution in [3.63, 3.8) is 0 Å². The predicted molar refractivity (Wildman–Crippen MR) is 56.0 cm³/mol. The van der Waals surface area contributed by atoms with Crippen molar-refractivity contribution in [3.05, 3.63) is 34.9 Å². The molecule has 14 heavy (non-hydrogen) atoms. The van der Waals surface area contributed by atoms with Crippen LogP contribution in [0.3, 0.4) is 0 Å². The van der Waals surface area contributed by atoms with Gasteiger partial charge in [0.25, 0.3) is 0 Å². The molecule has 0 aliphatic rings. The lowest BCUT2D eigenvalue weighted by Crippen LogP contribution is -2.03. The predicted octanol–water partition coefficient (Wildman–Crippen LogP) is 2.76. The number of ether oxygens (including phenoxy) is 1. The van der Waals surface area contributed by atoms with Crippen LogP contribution in [0.5, 0.6) is 0 Å². The van der Waals surface area contributed by atoms with Crippen molar-refractivity contribution < 1.29 is 9.53 Å². The minimum Gasteiger partial charge on any atom is -0.461 e. The maximum atomic E-state index is 11.0. The van der Waals surface area contributed by atoms with Crippen LogP contribution in [-0.4, -0.2) is 5.97 Å². The van der Waals surface area contributed by atoms with Crippen LogP contribution >= 0.6 is 0 Å². The molecule has 1 aromatic carbocycles. The van der Waals surface area contributed by atoms with E-state index in [1.165, 1.54) is 11.1 Å². The highest BCUT2D eigenvalue weighted by Crippen LogP contribution is 2.13. The molecule has 1 aromatic rings. The first-order chi connectivity index (χ1) is 6.65. The van der Waals surface area contributed by atoms with E-state index in [1.54, 1.807) is 6.92 Å². The molecule has 1 rings (SSSR count). The van der Waals surface area contributed by atoms with Crippen molar-refractivity contribution >= 4 is 5.97 Å². The Morgan fingerprint density at radius 2 is 2.07 bits per heavy atom. The summed E-state index contributed by atoms with van der Waals surface area (Å²) in [5.41, 5.74) is 3.53. The van der Waals surface area contributed by atoms with Crippen molar-refractivity contribution in [2.75, 3.05) is 0 Å². The van der Waals surface area contributed by atoms with E-state index in [-0.39, 0.29) is 5.97 Å². The third-order valence-electron chi connectivity index (χ3n) is 2.39. The van der Waals surface area contributed by atoms with Gasteiger partial charge in [0, 0.05) is 6.42 Å². The minimum absolute atomic E-state index is 0.147. The summed E-state index contributed by atoms with van der Waals surface area (Å²) in [7, 11) is 0. The number of benzene rings is 1. The lowest BCUT2D eigenvalue weighted by molar-refractivity contribution is -0.144. The lowest BCUT2D eigenvalue weighted by Gasteiger charge is -2.08. The SMILES string of the molecule is CCC(=O)OCc1cccc(C)c1C. The molecule has 0 bridgehead atoms. The third kappa shape index (κ3) is 2.59. The molecule has 76 valence electrons. The van der Waals surface area contributed by atoms with Crippen LogP contribution in [0.4, 0.5) is 0 Å². The Morgan fingerprint density at radius 3 is 2.71 bits per heavy atom. The monoisotopic (exact) mass is 192 g/mol. The molecule has 0 N–H and O–H groups in total. The molecule has 0 atom stereocenters. The summed E-state index contributed by atoms with van der Waals surface area (Å²) in [6.45, 7) is 6.29. The summed E-state index contributed by atoms with van der Waals surface area (Å²) in [6.07, 6.45) is 0.435. The standard InChI is InChI=1S/C12H16O2/c1-4-12(13)14-8-11-7-5-6-9(2)10(11)3/h5-7H,4,8H2,1-3H3. The number of rotatable bonds is 3. The fourth-order valence-electron chi connectivity index (χ4n) is 1.23. The Bertz CT molecular complexity index is 329. The quantitative estimate of drug-likeness (QED) is 0.688. The van der Waals surface area contributed by atoms with Gasteiger partial charge in [-0.25, -0.2) is 0 Å². The third-order valence-corrected chi connectivity index (χ3v) is 2.39. The molecule has 2 nitrogen and oxygen atoms in total. The molecular formula is C12H16O2. The van der Waals surface area contributed by atoms with Crippen molar-refractivity contribution in [2.45, 2.75) is 33.8 Å². The fourth-order valence-corrected chi connectivity index (χ4v) is 1.23. The Hall–Kier alpha value is -1.31. The van der Waals surface area contributed by atoms with Crippen LogP contribution in [0.15, 0.2) is 18.2 Å². The maximum Gasteiger partial charge on any atom is 0.305 e. The molecule has 0 heterocycles. The average molecular weight is 192 g/mol. The summed E-state index contributed by atoms with van der Waals surface area (Å²) in [4.78, 5) is 11.0. The fraction of sp³-hybridized carbons (Fsp3) is 0.417. The zero-order valence-electron chi connectivity index (χ0n) is 8.96. The zero-order chi connectivity index (χ0) is 10.6. The number of esters is 1. The van der Waals surface area contributed by atoms with Crippen LogP contribution in [0, 0.1) is 13.8 Å². The van der Waals surface area contributed by atoms with Gasteiger partial charge >= 0.3 is 5.97 Å². The largest absolute Gasteiger partial charge is 0.461 e. The Balaban J connectivity index is 2.68. The zero-order valence-corrected chi connectivity index (χ0v) is 8.96. The molecule has 0 fully saturated rings. The first kappa shape index (κ1) is 10.8. The summed E-state index contributed by atoms with van der Waals surface area (Å²) >= 11 is 0. The Labute approximate surface area is 84.9 Å². The number of aryl methyl sites for hydroxylation is 1. The molecule has 2 heteroatoms. The van der Waals surface area contributed by atoms with Crippen LogP contribution in [0.2, 0.25) is 0 Å². The van der Waals surface area contributed by atoms with Crippen molar-refractivity contribution in [1.29, 1.82) is 0 Å². The van der Waals surface area contributed by atoms with Crippen LogP contribution in [0.1, 0.15) is 30.0 Å². The number of hydrogen-bond donors (Lipinski definition) is 0. The van der Waals surface area contributed by atoms with Gasteiger partial charge < -0.3 is 4.74 Å². The van der Waals surface area contributed by atoms with E-state index in [9.17, 15) is 4.79 Å². The molecule has 0 aromatic heterocycles. The number of carbonyl (C=O) groups is 1. The normalized spacial score (nSPS) is 9.93. The lowest BCUT2D eigenvalue weighted by atomic mass is 10.0. The van der Waals surface area contributed by atoms with Gasteiger partial charge in [-0.15, -0.1) is 0 Å². The number of carbonyl (C=O) groups excluding carboxylic acids is 1. The van der Waals surface area contributed by atoms with Crippen LogP contribution < -0.4 is 0 Å². The summed E-state index contributed by atoms with van der Waals surface area (Å²) < 4.78 is 5.07. The van der Waals surface area contributed by atoms with E-state index in [2.05, 4.69) is 13.0 Å². The summed E-state index contributed by atoms with van der Waals surface area (Å²) in [5.74, 6) is -0.147. The van der Waals surface area contributed by atoms with Crippen molar-refractivity contribution in [2.24, 2.45) is 0 Å². The van der Waals surface area contributed by atoms with Gasteiger partial charge in [0.2, 0.25) is 0 Å². The molecule has 0 saturated heterocycles. The van der Waals surface area contributed by atoms with Crippen molar-refractivity contribution in [1.82, 2.24) is 0 Å². The second-order valence-corrected chi connectivity index (χ2v) is 3.37. The molecule has 0 unspecified atom stereocenters. The summed E-state index contributed by atoms with van der Waals surface area (Å²) in [5, 5.41) is 0. The van der Waals surface area contributed by atoms with Crippen LogP contribution in [-0.2, 0) is 16.1 Å². The van der Waals surface area contributed by atoms with Crippen molar-refractivity contribution in [3.8, 4) is 0 Å². The first-order valence-electron chi connectivity index (χ1n) is 4.86. The summed E-state index contributed by atoms with van der Waals surface area (Å²) in [6, 6.07) is 6.03. The molecule has 0 aliphatic carbocycles. The molecule has 0 saturated carbocycles. The highest BCUT2D eigenvalue weighted by Gasteiger charge is 2.03. The van der Waals surface area contributed by atoms with Gasteiger partial charge in [-0.2, -0.15) is 0 Å². The van der Waals surface area contributed by atoms with Crippen LogP contribution in [0.25, 0.3) is 0 Å². The molecule has 0 spiro atoms. The molecule has 0 radical (unpaired) electrons. The maximum absolute atomic E-state index is 11.0. The molecule has 0 aliphatic heterocycles. The smallest absolute Gasteiger partial charge is 0.305 e. The second kappa shape index (κ2) is 4.80. The van der Waals surface area contributed by atoms with E-state index in [0.29, 0.717) is 13.0 Å². The minimum atomic E-state index is -0.147. The highest BCUT2D eigenvalue weighted by atomic mass is 16.5. The van der Waals surface area contributed by atoms with Gasteiger partial charge in [0.05, 0.1) is 0 Å².